The third-order valence-electron chi connectivity index (χ3n) is 2.86. The van der Waals surface area contributed by atoms with Crippen molar-refractivity contribution in [2.45, 2.75) is 12.8 Å². The summed E-state index contributed by atoms with van der Waals surface area (Å²) in [5.74, 6) is 0.326. The molecule has 0 aliphatic heterocycles. The fraction of sp³-hybridized carbons (Fsp3) is 0.385. The summed E-state index contributed by atoms with van der Waals surface area (Å²) in [5, 5.41) is 13.6. The summed E-state index contributed by atoms with van der Waals surface area (Å²) in [4.78, 5) is 27.8. The molecule has 20 heavy (non-hydrogen) atoms. The summed E-state index contributed by atoms with van der Waals surface area (Å²) in [7, 11) is 3.64. The van der Waals surface area contributed by atoms with Gasteiger partial charge in [-0.25, -0.2) is 4.98 Å². The maximum atomic E-state index is 11.7. The summed E-state index contributed by atoms with van der Waals surface area (Å²) in [5.41, 5.74) is 0.317. The maximum absolute atomic E-state index is 11.7. The Labute approximate surface area is 116 Å². The van der Waals surface area contributed by atoms with Crippen LogP contribution in [0.1, 0.15) is 18.4 Å². The van der Waals surface area contributed by atoms with Crippen LogP contribution in [0, 0.1) is 16.0 Å². The fourth-order valence-corrected chi connectivity index (χ4v) is 1.62. The Morgan fingerprint density at radius 1 is 1.55 bits per heavy atom. The molecule has 7 heteroatoms. The Morgan fingerprint density at radius 2 is 2.25 bits per heavy atom. The van der Waals surface area contributed by atoms with Crippen molar-refractivity contribution in [2.24, 2.45) is 5.92 Å². The number of aromatic nitrogens is 1. The molecule has 1 saturated carbocycles. The molecule has 1 aliphatic carbocycles. The van der Waals surface area contributed by atoms with Crippen LogP contribution < -0.4 is 5.32 Å². The van der Waals surface area contributed by atoms with E-state index in [0.717, 1.165) is 19.0 Å². The number of nitrogens with zero attached hydrogens (tertiary/aromatic N) is 3. The Balaban J connectivity index is 2.24. The van der Waals surface area contributed by atoms with Gasteiger partial charge in [-0.05, 0) is 31.2 Å². The first-order chi connectivity index (χ1) is 9.47. The molecular weight excluding hydrogens is 260 g/mol. The zero-order valence-corrected chi connectivity index (χ0v) is 11.4. The van der Waals surface area contributed by atoms with E-state index in [9.17, 15) is 14.9 Å². The van der Waals surface area contributed by atoms with Gasteiger partial charge in [-0.2, -0.15) is 0 Å². The second kappa shape index (κ2) is 5.68. The molecule has 7 nitrogen and oxygen atoms in total. The lowest BCUT2D eigenvalue weighted by atomic mass is 10.2. The molecular formula is C13H16N4O3. The molecule has 0 saturated heterocycles. The van der Waals surface area contributed by atoms with Crippen LogP contribution in [0.3, 0.4) is 0 Å². The van der Waals surface area contributed by atoms with Crippen LogP contribution >= 0.6 is 0 Å². The highest BCUT2D eigenvalue weighted by Gasteiger charge is 2.30. The SMILES string of the molecule is CN(C)/C=C\c1cc(NC(=O)C2CC2)ncc1[N+](=O)[O-]. The Hall–Kier alpha value is -2.44. The van der Waals surface area contributed by atoms with Crippen molar-refractivity contribution in [1.29, 1.82) is 0 Å². The Bertz CT molecular complexity index is 565. The molecule has 2 rings (SSSR count). The third-order valence-corrected chi connectivity index (χ3v) is 2.86. The summed E-state index contributed by atoms with van der Waals surface area (Å²) in [6.07, 6.45) is 6.28. The second-order valence-electron chi connectivity index (χ2n) is 4.93. The second-order valence-corrected chi connectivity index (χ2v) is 4.93. The summed E-state index contributed by atoms with van der Waals surface area (Å²) in [6, 6.07) is 1.51. The first kappa shape index (κ1) is 14.0. The standard InChI is InChI=1S/C13H16N4O3/c1-16(2)6-5-10-7-12(14-8-11(10)17(19)20)15-13(18)9-3-4-9/h5-9H,3-4H2,1-2H3,(H,14,15,18)/b6-5-. The van der Waals surface area contributed by atoms with Gasteiger partial charge in [0.15, 0.2) is 0 Å². The highest BCUT2D eigenvalue weighted by Crippen LogP contribution is 2.30. The van der Waals surface area contributed by atoms with Crippen molar-refractivity contribution in [3.8, 4) is 0 Å². The van der Waals surface area contributed by atoms with Crippen LogP contribution in [-0.2, 0) is 4.79 Å². The van der Waals surface area contributed by atoms with Gasteiger partial charge < -0.3 is 10.2 Å². The predicted molar refractivity (Wildman–Crippen MR) is 75.0 cm³/mol. The van der Waals surface area contributed by atoms with Gasteiger partial charge in [-0.15, -0.1) is 0 Å². The molecule has 0 unspecified atom stereocenters. The topological polar surface area (TPSA) is 88.4 Å². The van der Waals surface area contributed by atoms with Gasteiger partial charge in [-0.3, -0.25) is 14.9 Å². The number of pyridine rings is 1. The van der Waals surface area contributed by atoms with Gasteiger partial charge in [0.25, 0.3) is 5.69 Å². The number of hydrogen-bond acceptors (Lipinski definition) is 5. The number of carbonyl (C=O) groups excluding carboxylic acids is 1. The van der Waals surface area contributed by atoms with E-state index in [1.54, 1.807) is 17.2 Å². The number of carbonyl (C=O) groups is 1. The highest BCUT2D eigenvalue weighted by atomic mass is 16.6. The van der Waals surface area contributed by atoms with Crippen molar-refractivity contribution < 1.29 is 9.72 Å². The first-order valence-electron chi connectivity index (χ1n) is 6.27. The lowest BCUT2D eigenvalue weighted by Gasteiger charge is -2.06. The zero-order chi connectivity index (χ0) is 14.7. The number of amides is 1. The van der Waals surface area contributed by atoms with Crippen molar-refractivity contribution >= 4 is 23.5 Å². The smallest absolute Gasteiger partial charge is 0.294 e. The fourth-order valence-electron chi connectivity index (χ4n) is 1.62. The molecule has 0 spiro atoms. The number of rotatable bonds is 5. The van der Waals surface area contributed by atoms with E-state index >= 15 is 0 Å². The van der Waals surface area contributed by atoms with E-state index in [-0.39, 0.29) is 17.5 Å². The molecule has 106 valence electrons. The van der Waals surface area contributed by atoms with Crippen LogP contribution in [-0.4, -0.2) is 34.8 Å². The molecule has 1 aromatic heterocycles. The van der Waals surface area contributed by atoms with Crippen LogP contribution in [0.25, 0.3) is 6.08 Å². The third kappa shape index (κ3) is 3.53. The van der Waals surface area contributed by atoms with Crippen LogP contribution in [0.5, 0.6) is 0 Å². The number of nitrogens with one attached hydrogen (secondary N) is 1. The van der Waals surface area contributed by atoms with Gasteiger partial charge in [-0.1, -0.05) is 0 Å². The van der Waals surface area contributed by atoms with E-state index in [1.807, 2.05) is 14.1 Å². The largest absolute Gasteiger partial charge is 0.383 e. The zero-order valence-electron chi connectivity index (χ0n) is 11.4. The van der Waals surface area contributed by atoms with E-state index in [0.29, 0.717) is 11.4 Å². The van der Waals surface area contributed by atoms with Gasteiger partial charge in [0.1, 0.15) is 12.0 Å². The molecule has 1 N–H and O–H groups in total. The van der Waals surface area contributed by atoms with Crippen molar-refractivity contribution in [1.82, 2.24) is 9.88 Å². The lowest BCUT2D eigenvalue weighted by Crippen LogP contribution is -2.14. The van der Waals surface area contributed by atoms with Crippen LogP contribution in [0.2, 0.25) is 0 Å². The van der Waals surface area contributed by atoms with Gasteiger partial charge in [0.2, 0.25) is 5.91 Å². The van der Waals surface area contributed by atoms with Crippen molar-refractivity contribution in [3.05, 3.63) is 34.1 Å². The molecule has 0 bridgehead atoms. The normalized spacial score (nSPS) is 14.3. The summed E-state index contributed by atoms with van der Waals surface area (Å²) >= 11 is 0. The van der Waals surface area contributed by atoms with Gasteiger partial charge in [0, 0.05) is 20.0 Å². The average Bonchev–Trinajstić information content (AvgIpc) is 3.20. The highest BCUT2D eigenvalue weighted by molar-refractivity contribution is 5.93. The number of anilines is 1. The Kier molecular flexibility index (Phi) is 3.97. The van der Waals surface area contributed by atoms with Crippen molar-refractivity contribution in [2.75, 3.05) is 19.4 Å². The molecule has 0 aromatic carbocycles. The summed E-state index contributed by atoms with van der Waals surface area (Å²) < 4.78 is 0. The number of hydrogen-bond donors (Lipinski definition) is 1. The molecule has 0 radical (unpaired) electrons. The van der Waals surface area contributed by atoms with E-state index in [1.165, 1.54) is 6.07 Å². The van der Waals surface area contributed by atoms with E-state index < -0.39 is 4.92 Å². The minimum absolute atomic E-state index is 0.0627. The molecule has 1 aliphatic rings. The molecule has 1 aromatic rings. The maximum Gasteiger partial charge on any atom is 0.294 e. The first-order valence-corrected chi connectivity index (χ1v) is 6.27. The average molecular weight is 276 g/mol. The quantitative estimate of drug-likeness (QED) is 0.655. The van der Waals surface area contributed by atoms with Crippen LogP contribution in [0.4, 0.5) is 11.5 Å². The minimum atomic E-state index is -0.491. The van der Waals surface area contributed by atoms with Gasteiger partial charge in [0.05, 0.1) is 10.5 Å². The molecule has 1 fully saturated rings. The monoisotopic (exact) mass is 276 g/mol. The Morgan fingerprint density at radius 3 is 2.80 bits per heavy atom. The molecule has 0 atom stereocenters. The van der Waals surface area contributed by atoms with Gasteiger partial charge >= 0.3 is 0 Å². The molecule has 1 amide bonds. The van der Waals surface area contributed by atoms with E-state index in [4.69, 9.17) is 0 Å². The van der Waals surface area contributed by atoms with Crippen molar-refractivity contribution in [3.63, 3.8) is 0 Å². The van der Waals surface area contributed by atoms with Crippen LogP contribution in [0.15, 0.2) is 18.5 Å². The lowest BCUT2D eigenvalue weighted by molar-refractivity contribution is -0.385. The summed E-state index contributed by atoms with van der Waals surface area (Å²) in [6.45, 7) is 0. The molecule has 1 heterocycles. The van der Waals surface area contributed by atoms with E-state index in [2.05, 4.69) is 10.3 Å². The predicted octanol–water partition coefficient (Wildman–Crippen LogP) is 1.87. The minimum Gasteiger partial charge on any atom is -0.383 e. The number of nitro groups is 1.